The molecule has 0 fully saturated rings. The van der Waals surface area contributed by atoms with Gasteiger partial charge in [0, 0.05) is 19.8 Å². The lowest BCUT2D eigenvalue weighted by atomic mass is 10.1. The maximum atomic E-state index is 5.96. The van der Waals surface area contributed by atoms with Gasteiger partial charge >= 0.3 is 0 Å². The quantitative estimate of drug-likeness (QED) is 0.789. The number of methoxy groups -OCH3 is 1. The van der Waals surface area contributed by atoms with Crippen molar-refractivity contribution in [2.45, 2.75) is 19.4 Å². The molecule has 1 rings (SSSR count). The van der Waals surface area contributed by atoms with Gasteiger partial charge in [-0.3, -0.25) is 0 Å². The van der Waals surface area contributed by atoms with Crippen molar-refractivity contribution in [2.75, 3.05) is 20.3 Å². The maximum absolute atomic E-state index is 5.96. The van der Waals surface area contributed by atoms with Crippen molar-refractivity contribution >= 4 is 23.2 Å². The highest BCUT2D eigenvalue weighted by molar-refractivity contribution is 6.42. The van der Waals surface area contributed by atoms with Gasteiger partial charge in [-0.15, -0.1) is 0 Å². The standard InChI is InChI=1S/C12H17Cl2NO/c1-9(15-6-3-7-16-2)10-4-5-11(13)12(14)8-10/h4-5,8-9,15H,3,6-7H2,1-2H3. The highest BCUT2D eigenvalue weighted by Crippen LogP contribution is 2.25. The summed E-state index contributed by atoms with van der Waals surface area (Å²) in [7, 11) is 1.71. The molecule has 0 aliphatic heterocycles. The minimum Gasteiger partial charge on any atom is -0.385 e. The molecule has 0 aliphatic rings. The first-order chi connectivity index (χ1) is 7.65. The lowest BCUT2D eigenvalue weighted by Gasteiger charge is -2.14. The van der Waals surface area contributed by atoms with Crippen molar-refractivity contribution in [1.82, 2.24) is 5.32 Å². The fourth-order valence-corrected chi connectivity index (χ4v) is 1.74. The topological polar surface area (TPSA) is 21.3 Å². The van der Waals surface area contributed by atoms with E-state index in [0.29, 0.717) is 10.0 Å². The zero-order valence-electron chi connectivity index (χ0n) is 9.59. The van der Waals surface area contributed by atoms with Crippen molar-refractivity contribution in [3.63, 3.8) is 0 Å². The third-order valence-electron chi connectivity index (χ3n) is 2.42. The molecule has 90 valence electrons. The molecule has 0 amide bonds. The first kappa shape index (κ1) is 13.8. The van der Waals surface area contributed by atoms with E-state index < -0.39 is 0 Å². The molecule has 1 aromatic rings. The second-order valence-electron chi connectivity index (χ2n) is 3.70. The van der Waals surface area contributed by atoms with Crippen molar-refractivity contribution in [3.8, 4) is 0 Å². The number of hydrogen-bond acceptors (Lipinski definition) is 2. The number of nitrogens with one attached hydrogen (secondary N) is 1. The first-order valence-corrected chi connectivity index (χ1v) is 6.08. The monoisotopic (exact) mass is 261 g/mol. The van der Waals surface area contributed by atoms with Gasteiger partial charge in [-0.1, -0.05) is 29.3 Å². The van der Waals surface area contributed by atoms with E-state index in [1.165, 1.54) is 0 Å². The van der Waals surface area contributed by atoms with Crippen LogP contribution in [0.15, 0.2) is 18.2 Å². The molecule has 0 saturated heterocycles. The van der Waals surface area contributed by atoms with E-state index in [4.69, 9.17) is 27.9 Å². The molecule has 0 heterocycles. The zero-order valence-corrected chi connectivity index (χ0v) is 11.1. The Balaban J connectivity index is 2.46. The van der Waals surface area contributed by atoms with Crippen LogP contribution in [0.3, 0.4) is 0 Å². The number of rotatable bonds is 6. The Morgan fingerprint density at radius 1 is 1.31 bits per heavy atom. The molecular weight excluding hydrogens is 245 g/mol. The van der Waals surface area contributed by atoms with Gasteiger partial charge in [0.15, 0.2) is 0 Å². The molecule has 0 radical (unpaired) electrons. The maximum Gasteiger partial charge on any atom is 0.0595 e. The molecule has 0 bridgehead atoms. The average molecular weight is 262 g/mol. The van der Waals surface area contributed by atoms with Crippen LogP contribution in [0.1, 0.15) is 24.9 Å². The van der Waals surface area contributed by atoms with E-state index in [-0.39, 0.29) is 6.04 Å². The minimum absolute atomic E-state index is 0.270. The van der Waals surface area contributed by atoms with Crippen LogP contribution in [0.2, 0.25) is 10.0 Å². The third-order valence-corrected chi connectivity index (χ3v) is 3.16. The normalized spacial score (nSPS) is 12.8. The van der Waals surface area contributed by atoms with E-state index in [9.17, 15) is 0 Å². The molecule has 2 nitrogen and oxygen atoms in total. The van der Waals surface area contributed by atoms with Crippen LogP contribution in [-0.4, -0.2) is 20.3 Å². The molecule has 1 N–H and O–H groups in total. The summed E-state index contributed by atoms with van der Waals surface area (Å²) in [5.74, 6) is 0. The van der Waals surface area contributed by atoms with E-state index in [1.807, 2.05) is 18.2 Å². The minimum atomic E-state index is 0.270. The van der Waals surface area contributed by atoms with Gasteiger partial charge in [0.2, 0.25) is 0 Å². The molecule has 1 aromatic carbocycles. The van der Waals surface area contributed by atoms with Crippen LogP contribution < -0.4 is 5.32 Å². The molecule has 4 heteroatoms. The molecule has 0 aliphatic carbocycles. The van der Waals surface area contributed by atoms with Gasteiger partial charge in [0.05, 0.1) is 10.0 Å². The Kier molecular flexibility index (Phi) is 6.14. The summed E-state index contributed by atoms with van der Waals surface area (Å²) < 4.78 is 4.99. The summed E-state index contributed by atoms with van der Waals surface area (Å²) in [5, 5.41) is 4.59. The van der Waals surface area contributed by atoms with Crippen LogP contribution in [0.5, 0.6) is 0 Å². The molecule has 16 heavy (non-hydrogen) atoms. The predicted octanol–water partition coefficient (Wildman–Crippen LogP) is 3.68. The van der Waals surface area contributed by atoms with Crippen molar-refractivity contribution in [3.05, 3.63) is 33.8 Å². The van der Waals surface area contributed by atoms with Crippen molar-refractivity contribution in [1.29, 1.82) is 0 Å². The summed E-state index contributed by atoms with van der Waals surface area (Å²) in [5.41, 5.74) is 1.15. The summed E-state index contributed by atoms with van der Waals surface area (Å²) in [6.45, 7) is 3.81. The molecule has 1 atom stereocenters. The number of benzene rings is 1. The first-order valence-electron chi connectivity index (χ1n) is 5.32. The van der Waals surface area contributed by atoms with Gasteiger partial charge < -0.3 is 10.1 Å². The Morgan fingerprint density at radius 2 is 2.06 bits per heavy atom. The summed E-state index contributed by atoms with van der Waals surface area (Å²) in [4.78, 5) is 0. The Morgan fingerprint density at radius 3 is 2.69 bits per heavy atom. The lowest BCUT2D eigenvalue weighted by molar-refractivity contribution is 0.193. The smallest absolute Gasteiger partial charge is 0.0595 e. The number of ether oxygens (including phenoxy) is 1. The second-order valence-corrected chi connectivity index (χ2v) is 4.51. The fourth-order valence-electron chi connectivity index (χ4n) is 1.43. The van der Waals surface area contributed by atoms with E-state index >= 15 is 0 Å². The van der Waals surface area contributed by atoms with Crippen LogP contribution in [0.25, 0.3) is 0 Å². The lowest BCUT2D eigenvalue weighted by Crippen LogP contribution is -2.20. The van der Waals surface area contributed by atoms with E-state index in [1.54, 1.807) is 7.11 Å². The SMILES string of the molecule is COCCCNC(C)c1ccc(Cl)c(Cl)c1. The predicted molar refractivity (Wildman–Crippen MR) is 69.4 cm³/mol. The van der Waals surface area contributed by atoms with Gasteiger partial charge in [0.1, 0.15) is 0 Å². The van der Waals surface area contributed by atoms with E-state index in [2.05, 4.69) is 12.2 Å². The van der Waals surface area contributed by atoms with E-state index in [0.717, 1.165) is 25.1 Å². The van der Waals surface area contributed by atoms with Crippen LogP contribution >= 0.6 is 23.2 Å². The number of hydrogen-bond donors (Lipinski definition) is 1. The zero-order chi connectivity index (χ0) is 12.0. The molecule has 0 saturated carbocycles. The van der Waals surface area contributed by atoms with Gasteiger partial charge in [-0.25, -0.2) is 0 Å². The Bertz CT molecular complexity index is 331. The Hall–Kier alpha value is -0.280. The molecule has 0 spiro atoms. The summed E-state index contributed by atoms with van der Waals surface area (Å²) in [6, 6.07) is 5.98. The van der Waals surface area contributed by atoms with Crippen LogP contribution in [-0.2, 0) is 4.74 Å². The third kappa shape index (κ3) is 4.30. The van der Waals surface area contributed by atoms with Gasteiger partial charge in [-0.05, 0) is 37.6 Å². The highest BCUT2D eigenvalue weighted by Gasteiger charge is 2.06. The highest BCUT2D eigenvalue weighted by atomic mass is 35.5. The second kappa shape index (κ2) is 7.13. The molecular formula is C12H17Cl2NO. The van der Waals surface area contributed by atoms with Crippen LogP contribution in [0.4, 0.5) is 0 Å². The Labute approximate surface area is 107 Å². The van der Waals surface area contributed by atoms with Gasteiger partial charge in [0.25, 0.3) is 0 Å². The molecule has 0 aromatic heterocycles. The fraction of sp³-hybridized carbons (Fsp3) is 0.500. The van der Waals surface area contributed by atoms with Crippen molar-refractivity contribution in [2.24, 2.45) is 0 Å². The van der Waals surface area contributed by atoms with Gasteiger partial charge in [-0.2, -0.15) is 0 Å². The molecule has 1 unspecified atom stereocenters. The van der Waals surface area contributed by atoms with Crippen molar-refractivity contribution < 1.29 is 4.74 Å². The number of halogens is 2. The average Bonchev–Trinajstić information content (AvgIpc) is 2.28. The summed E-state index contributed by atoms with van der Waals surface area (Å²) >= 11 is 11.8. The van der Waals surface area contributed by atoms with Crippen LogP contribution in [0, 0.1) is 0 Å². The summed E-state index contributed by atoms with van der Waals surface area (Å²) in [6.07, 6.45) is 1.00. The largest absolute Gasteiger partial charge is 0.385 e.